The van der Waals surface area contributed by atoms with Gasteiger partial charge >= 0.3 is 5.97 Å². The van der Waals surface area contributed by atoms with Crippen LogP contribution < -0.4 is 11.1 Å². The van der Waals surface area contributed by atoms with E-state index in [-0.39, 0.29) is 17.4 Å². The van der Waals surface area contributed by atoms with Gasteiger partial charge in [0, 0.05) is 13.0 Å². The van der Waals surface area contributed by atoms with Crippen molar-refractivity contribution in [2.45, 2.75) is 26.3 Å². The van der Waals surface area contributed by atoms with Gasteiger partial charge in [-0.1, -0.05) is 25.5 Å². The number of nitrogens with two attached hydrogens (primary N) is 1. The van der Waals surface area contributed by atoms with Crippen LogP contribution in [0, 0.1) is 5.92 Å². The van der Waals surface area contributed by atoms with Gasteiger partial charge in [0.25, 0.3) is 0 Å². The molecule has 104 valence electrons. The SMILES string of the molecule is CCC(CN)CC(=O)NCc1cccc(C(=O)O)c1. The Morgan fingerprint density at radius 2 is 2.16 bits per heavy atom. The van der Waals surface area contributed by atoms with Crippen LogP contribution in [0.25, 0.3) is 0 Å². The van der Waals surface area contributed by atoms with Crippen molar-refractivity contribution in [3.05, 3.63) is 35.4 Å². The minimum absolute atomic E-state index is 0.0574. The Hall–Kier alpha value is -1.88. The third-order valence-corrected chi connectivity index (χ3v) is 3.05. The predicted molar refractivity (Wildman–Crippen MR) is 72.7 cm³/mol. The lowest BCUT2D eigenvalue weighted by molar-refractivity contribution is -0.122. The molecule has 1 atom stereocenters. The summed E-state index contributed by atoms with van der Waals surface area (Å²) in [5, 5.41) is 11.6. The fourth-order valence-electron chi connectivity index (χ4n) is 1.74. The van der Waals surface area contributed by atoms with E-state index >= 15 is 0 Å². The first-order valence-electron chi connectivity index (χ1n) is 6.35. The highest BCUT2D eigenvalue weighted by atomic mass is 16.4. The van der Waals surface area contributed by atoms with Crippen LogP contribution in [0.1, 0.15) is 35.7 Å². The maximum atomic E-state index is 11.7. The van der Waals surface area contributed by atoms with Crippen LogP contribution in [0.2, 0.25) is 0 Å². The molecule has 0 spiro atoms. The molecule has 0 aliphatic carbocycles. The van der Waals surface area contributed by atoms with Gasteiger partial charge in [0.2, 0.25) is 5.91 Å². The molecule has 0 heterocycles. The third kappa shape index (κ3) is 5.09. The standard InChI is InChI=1S/C14H20N2O3/c1-2-10(8-15)7-13(17)16-9-11-4-3-5-12(6-11)14(18)19/h3-6,10H,2,7-9,15H2,1H3,(H,16,17)(H,18,19). The van der Waals surface area contributed by atoms with Crippen LogP contribution >= 0.6 is 0 Å². The Morgan fingerprint density at radius 1 is 1.42 bits per heavy atom. The molecule has 1 aromatic carbocycles. The Morgan fingerprint density at radius 3 is 2.74 bits per heavy atom. The van der Waals surface area contributed by atoms with E-state index in [9.17, 15) is 9.59 Å². The van der Waals surface area contributed by atoms with Crippen LogP contribution in [-0.2, 0) is 11.3 Å². The maximum absolute atomic E-state index is 11.7. The normalized spacial score (nSPS) is 11.9. The number of rotatable bonds is 7. The van der Waals surface area contributed by atoms with E-state index in [4.69, 9.17) is 10.8 Å². The highest BCUT2D eigenvalue weighted by Crippen LogP contribution is 2.07. The van der Waals surface area contributed by atoms with Crippen LogP contribution in [-0.4, -0.2) is 23.5 Å². The average molecular weight is 264 g/mol. The largest absolute Gasteiger partial charge is 0.478 e. The van der Waals surface area contributed by atoms with Crippen molar-refractivity contribution in [3.8, 4) is 0 Å². The molecule has 4 N–H and O–H groups in total. The molecule has 0 aliphatic heterocycles. The molecular formula is C14H20N2O3. The van der Waals surface area contributed by atoms with Gasteiger partial charge in [0.1, 0.15) is 0 Å². The van der Waals surface area contributed by atoms with Gasteiger partial charge < -0.3 is 16.2 Å². The molecule has 1 unspecified atom stereocenters. The number of carbonyl (C=O) groups is 2. The summed E-state index contributed by atoms with van der Waals surface area (Å²) in [5.74, 6) is -0.828. The smallest absolute Gasteiger partial charge is 0.335 e. The van der Waals surface area contributed by atoms with Gasteiger partial charge in [-0.05, 0) is 30.2 Å². The topological polar surface area (TPSA) is 92.4 Å². The number of carboxylic acids is 1. The zero-order valence-corrected chi connectivity index (χ0v) is 11.1. The summed E-state index contributed by atoms with van der Waals surface area (Å²) in [6.07, 6.45) is 1.28. The first kappa shape index (κ1) is 15.2. The van der Waals surface area contributed by atoms with Crippen LogP contribution in [0.5, 0.6) is 0 Å². The Labute approximate surface area is 112 Å². The highest BCUT2D eigenvalue weighted by molar-refractivity contribution is 5.87. The van der Waals surface area contributed by atoms with Crippen LogP contribution in [0.4, 0.5) is 0 Å². The number of aromatic carboxylic acids is 1. The quantitative estimate of drug-likeness (QED) is 0.693. The number of nitrogens with one attached hydrogen (secondary N) is 1. The summed E-state index contributed by atoms with van der Waals surface area (Å²) in [7, 11) is 0. The molecule has 1 rings (SSSR count). The molecule has 5 nitrogen and oxygen atoms in total. The molecule has 0 aliphatic rings. The molecule has 0 radical (unpaired) electrons. The second-order valence-electron chi connectivity index (χ2n) is 4.50. The molecule has 0 aromatic heterocycles. The van der Waals surface area contributed by atoms with Gasteiger partial charge in [-0.2, -0.15) is 0 Å². The lowest BCUT2D eigenvalue weighted by Crippen LogP contribution is -2.27. The minimum Gasteiger partial charge on any atom is -0.478 e. The Kier molecular flexibility index (Phi) is 6.02. The molecule has 0 fully saturated rings. The van der Waals surface area contributed by atoms with E-state index in [1.165, 1.54) is 6.07 Å². The molecule has 5 heteroatoms. The lowest BCUT2D eigenvalue weighted by atomic mass is 10.0. The molecule has 19 heavy (non-hydrogen) atoms. The van der Waals surface area contributed by atoms with Crippen molar-refractivity contribution < 1.29 is 14.7 Å². The lowest BCUT2D eigenvalue weighted by Gasteiger charge is -2.12. The van der Waals surface area contributed by atoms with Gasteiger partial charge in [0.15, 0.2) is 0 Å². The number of hydrogen-bond donors (Lipinski definition) is 3. The third-order valence-electron chi connectivity index (χ3n) is 3.05. The molecule has 0 saturated carbocycles. The number of benzene rings is 1. The number of carboxylic acid groups (broad SMARTS) is 1. The molecular weight excluding hydrogens is 244 g/mol. The minimum atomic E-state index is -0.970. The van der Waals surface area contributed by atoms with Crippen molar-refractivity contribution >= 4 is 11.9 Å². The van der Waals surface area contributed by atoms with Crippen LogP contribution in [0.15, 0.2) is 24.3 Å². The fraction of sp³-hybridized carbons (Fsp3) is 0.429. The monoisotopic (exact) mass is 264 g/mol. The number of carbonyl (C=O) groups excluding carboxylic acids is 1. The number of hydrogen-bond acceptors (Lipinski definition) is 3. The maximum Gasteiger partial charge on any atom is 0.335 e. The van der Waals surface area contributed by atoms with Crippen molar-refractivity contribution in [1.82, 2.24) is 5.32 Å². The van der Waals surface area contributed by atoms with E-state index in [0.29, 0.717) is 19.5 Å². The van der Waals surface area contributed by atoms with E-state index in [0.717, 1.165) is 12.0 Å². The number of amides is 1. The van der Waals surface area contributed by atoms with Crippen molar-refractivity contribution in [2.24, 2.45) is 11.7 Å². The van der Waals surface area contributed by atoms with E-state index < -0.39 is 5.97 Å². The van der Waals surface area contributed by atoms with Gasteiger partial charge in [-0.15, -0.1) is 0 Å². The Bertz CT molecular complexity index is 442. The summed E-state index contributed by atoms with van der Waals surface area (Å²) in [5.41, 5.74) is 6.54. The summed E-state index contributed by atoms with van der Waals surface area (Å²) in [4.78, 5) is 22.5. The second kappa shape index (κ2) is 7.53. The highest BCUT2D eigenvalue weighted by Gasteiger charge is 2.10. The Balaban J connectivity index is 2.50. The summed E-state index contributed by atoms with van der Waals surface area (Å²) >= 11 is 0. The van der Waals surface area contributed by atoms with Crippen molar-refractivity contribution in [1.29, 1.82) is 0 Å². The zero-order chi connectivity index (χ0) is 14.3. The van der Waals surface area contributed by atoms with E-state index in [1.54, 1.807) is 18.2 Å². The summed E-state index contributed by atoms with van der Waals surface area (Å²) in [6.45, 7) is 2.83. The molecule has 0 bridgehead atoms. The first-order valence-corrected chi connectivity index (χ1v) is 6.35. The summed E-state index contributed by atoms with van der Waals surface area (Å²) in [6, 6.07) is 6.53. The summed E-state index contributed by atoms with van der Waals surface area (Å²) < 4.78 is 0. The predicted octanol–water partition coefficient (Wildman–Crippen LogP) is 1.38. The van der Waals surface area contributed by atoms with Crippen LogP contribution in [0.3, 0.4) is 0 Å². The first-order chi connectivity index (χ1) is 9.06. The van der Waals surface area contributed by atoms with E-state index in [1.807, 2.05) is 6.92 Å². The zero-order valence-electron chi connectivity index (χ0n) is 11.1. The fourth-order valence-corrected chi connectivity index (χ4v) is 1.74. The second-order valence-corrected chi connectivity index (χ2v) is 4.50. The van der Waals surface area contributed by atoms with E-state index in [2.05, 4.69) is 5.32 Å². The van der Waals surface area contributed by atoms with Gasteiger partial charge in [-0.3, -0.25) is 4.79 Å². The van der Waals surface area contributed by atoms with Crippen molar-refractivity contribution in [2.75, 3.05) is 6.54 Å². The molecule has 1 aromatic rings. The molecule has 1 amide bonds. The average Bonchev–Trinajstić information content (AvgIpc) is 2.42. The van der Waals surface area contributed by atoms with Crippen molar-refractivity contribution in [3.63, 3.8) is 0 Å². The molecule has 0 saturated heterocycles. The van der Waals surface area contributed by atoms with Gasteiger partial charge in [-0.25, -0.2) is 4.79 Å². The van der Waals surface area contributed by atoms with Gasteiger partial charge in [0.05, 0.1) is 5.56 Å².